The van der Waals surface area contributed by atoms with E-state index in [0.717, 1.165) is 30.0 Å². The van der Waals surface area contributed by atoms with Gasteiger partial charge in [0.1, 0.15) is 0 Å². The summed E-state index contributed by atoms with van der Waals surface area (Å²) in [5.74, 6) is 1.55. The Hall–Kier alpha value is -2.90. The van der Waals surface area contributed by atoms with Crippen LogP contribution in [0.1, 0.15) is 16.7 Å². The van der Waals surface area contributed by atoms with Gasteiger partial charge in [0.25, 0.3) is 0 Å². The molecule has 0 atom stereocenters. The Bertz CT molecular complexity index is 1030. The van der Waals surface area contributed by atoms with Gasteiger partial charge in [-0.2, -0.15) is 15.0 Å². The Morgan fingerprint density at radius 1 is 0.833 bits per heavy atom. The molecule has 1 aliphatic rings. The molecule has 0 bridgehead atoms. The van der Waals surface area contributed by atoms with Crippen LogP contribution in [0.25, 0.3) is 0 Å². The fourth-order valence-corrected chi connectivity index (χ4v) is 3.54. The maximum absolute atomic E-state index is 6.27. The summed E-state index contributed by atoms with van der Waals surface area (Å²) in [5.41, 5.74) is 5.13. The van der Waals surface area contributed by atoms with E-state index in [2.05, 4.69) is 62.5 Å². The van der Waals surface area contributed by atoms with Crippen molar-refractivity contribution in [3.8, 4) is 0 Å². The average Bonchev–Trinajstić information content (AvgIpc) is 2.70. The molecular formula is C22H25ClN6O. The van der Waals surface area contributed by atoms with E-state index < -0.39 is 0 Å². The summed E-state index contributed by atoms with van der Waals surface area (Å²) in [6, 6.07) is 12.0. The molecule has 2 heterocycles. The van der Waals surface area contributed by atoms with Crippen molar-refractivity contribution in [1.82, 2.24) is 15.0 Å². The van der Waals surface area contributed by atoms with Crippen molar-refractivity contribution in [2.75, 3.05) is 41.8 Å². The number of aromatic nitrogens is 3. The number of hydrogen-bond acceptors (Lipinski definition) is 7. The Labute approximate surface area is 181 Å². The molecule has 2 N–H and O–H groups in total. The lowest BCUT2D eigenvalue weighted by atomic mass is 10.1. The highest BCUT2D eigenvalue weighted by atomic mass is 35.5. The van der Waals surface area contributed by atoms with Crippen molar-refractivity contribution in [2.24, 2.45) is 0 Å². The Kier molecular flexibility index (Phi) is 6.01. The first-order valence-corrected chi connectivity index (χ1v) is 10.3. The minimum atomic E-state index is 0.457. The molecule has 0 radical (unpaired) electrons. The third-order valence-corrected chi connectivity index (χ3v) is 5.23. The summed E-state index contributed by atoms with van der Waals surface area (Å²) in [7, 11) is 0. The predicted molar refractivity (Wildman–Crippen MR) is 122 cm³/mol. The number of hydrogen-bond donors (Lipinski definition) is 2. The second kappa shape index (κ2) is 8.85. The van der Waals surface area contributed by atoms with Gasteiger partial charge in [0.15, 0.2) is 0 Å². The number of benzene rings is 2. The lowest BCUT2D eigenvalue weighted by Gasteiger charge is -2.27. The summed E-state index contributed by atoms with van der Waals surface area (Å²) in [5, 5.41) is 7.27. The molecule has 1 fully saturated rings. The molecule has 0 amide bonds. The zero-order valence-corrected chi connectivity index (χ0v) is 18.1. The highest BCUT2D eigenvalue weighted by molar-refractivity contribution is 6.31. The highest BCUT2D eigenvalue weighted by Gasteiger charge is 2.17. The number of nitrogens with zero attached hydrogens (tertiary/aromatic N) is 4. The molecule has 2 aromatic carbocycles. The van der Waals surface area contributed by atoms with Crippen molar-refractivity contribution in [3.63, 3.8) is 0 Å². The summed E-state index contributed by atoms with van der Waals surface area (Å²) in [6.45, 7) is 8.89. The van der Waals surface area contributed by atoms with Crippen molar-refractivity contribution in [2.45, 2.75) is 20.8 Å². The second-order valence-corrected chi connectivity index (χ2v) is 7.88. The van der Waals surface area contributed by atoms with Crippen LogP contribution in [-0.2, 0) is 4.74 Å². The first kappa shape index (κ1) is 20.4. The van der Waals surface area contributed by atoms with E-state index in [1.165, 1.54) is 11.1 Å². The number of halogens is 1. The van der Waals surface area contributed by atoms with E-state index in [4.69, 9.17) is 16.3 Å². The molecule has 30 heavy (non-hydrogen) atoms. The van der Waals surface area contributed by atoms with E-state index in [-0.39, 0.29) is 0 Å². The number of morpholine rings is 1. The fourth-order valence-electron chi connectivity index (χ4n) is 3.36. The van der Waals surface area contributed by atoms with Gasteiger partial charge in [-0.1, -0.05) is 23.7 Å². The largest absolute Gasteiger partial charge is 0.378 e. The molecule has 7 nitrogen and oxygen atoms in total. The maximum atomic E-state index is 6.27. The van der Waals surface area contributed by atoms with Gasteiger partial charge in [-0.05, 0) is 61.7 Å². The third-order valence-electron chi connectivity index (χ3n) is 4.82. The fraction of sp³-hybridized carbons (Fsp3) is 0.318. The quantitative estimate of drug-likeness (QED) is 0.610. The van der Waals surface area contributed by atoms with Gasteiger partial charge in [-0.3, -0.25) is 0 Å². The predicted octanol–water partition coefficient (Wildman–Crippen LogP) is 4.77. The summed E-state index contributed by atoms with van der Waals surface area (Å²) in [6.07, 6.45) is 0. The highest BCUT2D eigenvalue weighted by Crippen LogP contribution is 2.25. The molecule has 0 spiro atoms. The lowest BCUT2D eigenvalue weighted by Crippen LogP contribution is -2.37. The van der Waals surface area contributed by atoms with Gasteiger partial charge in [-0.15, -0.1) is 0 Å². The average molecular weight is 425 g/mol. The first-order valence-electron chi connectivity index (χ1n) is 9.93. The van der Waals surface area contributed by atoms with E-state index in [9.17, 15) is 0 Å². The zero-order valence-electron chi connectivity index (χ0n) is 17.4. The molecular weight excluding hydrogens is 400 g/mol. The molecule has 0 saturated carbocycles. The number of rotatable bonds is 5. The normalized spacial score (nSPS) is 13.9. The number of ether oxygens (including phenoxy) is 1. The molecule has 1 aromatic heterocycles. The number of aryl methyl sites for hydroxylation is 3. The van der Waals surface area contributed by atoms with Gasteiger partial charge < -0.3 is 20.3 Å². The van der Waals surface area contributed by atoms with Gasteiger partial charge in [0.05, 0.1) is 13.2 Å². The summed E-state index contributed by atoms with van der Waals surface area (Å²) >= 11 is 6.27. The monoisotopic (exact) mass is 424 g/mol. The van der Waals surface area contributed by atoms with Crippen molar-refractivity contribution >= 4 is 40.8 Å². The minimum absolute atomic E-state index is 0.457. The Morgan fingerprint density at radius 3 is 2.10 bits per heavy atom. The van der Waals surface area contributed by atoms with Crippen LogP contribution < -0.4 is 15.5 Å². The van der Waals surface area contributed by atoms with Crippen LogP contribution in [0.15, 0.2) is 36.4 Å². The van der Waals surface area contributed by atoms with Crippen LogP contribution in [0.2, 0.25) is 5.02 Å². The molecule has 3 aromatic rings. The molecule has 0 aliphatic carbocycles. The topological polar surface area (TPSA) is 75.2 Å². The van der Waals surface area contributed by atoms with Gasteiger partial charge in [0.2, 0.25) is 17.8 Å². The standard InChI is InChI=1S/C22H25ClN6O/c1-14-10-15(2)12-18(11-14)25-21-26-20(24-17-5-4-16(3)19(23)13-17)27-22(28-21)29-6-8-30-9-7-29/h4-5,10-13H,6-9H2,1-3H3,(H2,24,25,26,27,28). The van der Waals surface area contributed by atoms with E-state index in [1.54, 1.807) is 0 Å². The molecule has 0 unspecified atom stereocenters. The van der Waals surface area contributed by atoms with Crippen LogP contribution in [0.3, 0.4) is 0 Å². The van der Waals surface area contributed by atoms with Crippen LogP contribution in [0, 0.1) is 20.8 Å². The van der Waals surface area contributed by atoms with E-state index in [1.807, 2.05) is 25.1 Å². The molecule has 4 rings (SSSR count). The molecule has 156 valence electrons. The van der Waals surface area contributed by atoms with Crippen LogP contribution in [-0.4, -0.2) is 41.3 Å². The Balaban J connectivity index is 1.67. The van der Waals surface area contributed by atoms with Crippen molar-refractivity contribution in [3.05, 3.63) is 58.1 Å². The first-order chi connectivity index (χ1) is 14.5. The van der Waals surface area contributed by atoms with E-state index >= 15 is 0 Å². The van der Waals surface area contributed by atoms with Crippen molar-refractivity contribution in [1.29, 1.82) is 0 Å². The summed E-state index contributed by atoms with van der Waals surface area (Å²) < 4.78 is 5.46. The second-order valence-electron chi connectivity index (χ2n) is 7.47. The zero-order chi connectivity index (χ0) is 21.1. The summed E-state index contributed by atoms with van der Waals surface area (Å²) in [4.78, 5) is 16.0. The van der Waals surface area contributed by atoms with Gasteiger partial charge in [0, 0.05) is 29.5 Å². The SMILES string of the molecule is Cc1cc(C)cc(Nc2nc(Nc3ccc(C)c(Cl)c3)nc(N3CCOCC3)n2)c1. The molecule has 1 aliphatic heterocycles. The van der Waals surface area contributed by atoms with E-state index in [0.29, 0.717) is 36.1 Å². The molecule has 1 saturated heterocycles. The van der Waals surface area contributed by atoms with Gasteiger partial charge in [-0.25, -0.2) is 0 Å². The Morgan fingerprint density at radius 2 is 1.47 bits per heavy atom. The number of nitrogens with one attached hydrogen (secondary N) is 2. The lowest BCUT2D eigenvalue weighted by molar-refractivity contribution is 0.122. The minimum Gasteiger partial charge on any atom is -0.378 e. The number of anilines is 5. The smallest absolute Gasteiger partial charge is 0.233 e. The van der Waals surface area contributed by atoms with Crippen molar-refractivity contribution < 1.29 is 4.74 Å². The third kappa shape index (κ3) is 4.98. The van der Waals surface area contributed by atoms with Gasteiger partial charge >= 0.3 is 0 Å². The van der Waals surface area contributed by atoms with Crippen LogP contribution >= 0.6 is 11.6 Å². The van der Waals surface area contributed by atoms with Crippen LogP contribution in [0.5, 0.6) is 0 Å². The molecule has 8 heteroatoms. The van der Waals surface area contributed by atoms with Crippen LogP contribution in [0.4, 0.5) is 29.2 Å². The maximum Gasteiger partial charge on any atom is 0.233 e.